The summed E-state index contributed by atoms with van der Waals surface area (Å²) in [7, 11) is 1.77. The summed E-state index contributed by atoms with van der Waals surface area (Å²) in [5, 5.41) is 6.04. The molecule has 2 unspecified atom stereocenters. The van der Waals surface area contributed by atoms with Gasteiger partial charge in [-0.2, -0.15) is 0 Å². The zero-order chi connectivity index (χ0) is 19.8. The van der Waals surface area contributed by atoms with Gasteiger partial charge in [0.05, 0.1) is 18.4 Å². The van der Waals surface area contributed by atoms with Gasteiger partial charge in [-0.1, -0.05) is 43.7 Å². The molecule has 2 atom stereocenters. The van der Waals surface area contributed by atoms with E-state index in [0.29, 0.717) is 17.5 Å². The summed E-state index contributed by atoms with van der Waals surface area (Å²) in [4.78, 5) is 22.9. The van der Waals surface area contributed by atoms with Crippen molar-refractivity contribution >= 4 is 17.6 Å². The maximum Gasteiger partial charge on any atom is 0.243 e. The molecule has 0 aliphatic carbocycles. The molecule has 0 bridgehead atoms. The van der Waals surface area contributed by atoms with Crippen LogP contribution in [0.4, 0.5) is 5.69 Å². The number of piperidine rings is 1. The van der Waals surface area contributed by atoms with E-state index in [0.717, 1.165) is 31.9 Å². The van der Waals surface area contributed by atoms with Crippen molar-refractivity contribution in [2.45, 2.75) is 25.7 Å². The van der Waals surface area contributed by atoms with Crippen LogP contribution in [0.3, 0.4) is 0 Å². The minimum Gasteiger partial charge on any atom is -0.347 e. The third-order valence-corrected chi connectivity index (χ3v) is 5.35. The molecule has 0 spiro atoms. The van der Waals surface area contributed by atoms with Crippen molar-refractivity contribution in [1.82, 2.24) is 15.2 Å². The van der Waals surface area contributed by atoms with Gasteiger partial charge in [0.1, 0.15) is 0 Å². The lowest BCUT2D eigenvalue weighted by Gasteiger charge is -2.40. The van der Waals surface area contributed by atoms with Crippen LogP contribution < -0.4 is 10.6 Å². The number of carbonyl (C=O) groups excluding carboxylic acids is 1. The van der Waals surface area contributed by atoms with E-state index in [4.69, 9.17) is 0 Å². The van der Waals surface area contributed by atoms with Crippen molar-refractivity contribution in [2.75, 3.05) is 32.0 Å². The van der Waals surface area contributed by atoms with Crippen LogP contribution in [0.1, 0.15) is 31.2 Å². The van der Waals surface area contributed by atoms with Gasteiger partial charge in [-0.05, 0) is 36.0 Å². The number of nitrogens with one attached hydrogen (secondary N) is 2. The normalized spacial score (nSPS) is 19.9. The molecule has 0 saturated carbocycles. The second kappa shape index (κ2) is 9.88. The first kappa shape index (κ1) is 19.9. The van der Waals surface area contributed by atoms with Gasteiger partial charge < -0.3 is 15.5 Å². The van der Waals surface area contributed by atoms with Gasteiger partial charge in [0, 0.05) is 26.3 Å². The Morgan fingerprint density at radius 3 is 2.75 bits per heavy atom. The SMILES string of the molecule is CCC1CN(C(=NC)NCC(=O)Nc2cccnc2)CCC1c1ccccc1. The molecule has 1 fully saturated rings. The molecule has 1 saturated heterocycles. The molecule has 2 N–H and O–H groups in total. The van der Waals surface area contributed by atoms with Crippen molar-refractivity contribution in [2.24, 2.45) is 10.9 Å². The average Bonchev–Trinajstić information content (AvgIpc) is 2.75. The number of pyridine rings is 1. The van der Waals surface area contributed by atoms with Crippen LogP contribution in [0.25, 0.3) is 0 Å². The minimum absolute atomic E-state index is 0.111. The predicted molar refractivity (Wildman–Crippen MR) is 113 cm³/mol. The smallest absolute Gasteiger partial charge is 0.243 e. The first-order valence-corrected chi connectivity index (χ1v) is 9.91. The molecule has 1 aromatic heterocycles. The van der Waals surface area contributed by atoms with Crippen molar-refractivity contribution in [3.63, 3.8) is 0 Å². The lowest BCUT2D eigenvalue weighted by molar-refractivity contribution is -0.115. The highest BCUT2D eigenvalue weighted by Gasteiger charge is 2.30. The van der Waals surface area contributed by atoms with Gasteiger partial charge in [0.25, 0.3) is 0 Å². The molecule has 6 heteroatoms. The van der Waals surface area contributed by atoms with Gasteiger partial charge in [0.2, 0.25) is 5.91 Å². The number of rotatable bonds is 5. The second-order valence-corrected chi connectivity index (χ2v) is 7.11. The number of aliphatic imine (C=N–C) groups is 1. The molecule has 1 amide bonds. The predicted octanol–water partition coefficient (Wildman–Crippen LogP) is 3.11. The summed E-state index contributed by atoms with van der Waals surface area (Å²) in [5.74, 6) is 1.82. The summed E-state index contributed by atoms with van der Waals surface area (Å²) in [6, 6.07) is 14.4. The number of anilines is 1. The van der Waals surface area contributed by atoms with E-state index in [2.05, 4.69) is 62.8 Å². The van der Waals surface area contributed by atoms with E-state index >= 15 is 0 Å². The number of carbonyl (C=O) groups is 1. The van der Waals surface area contributed by atoms with E-state index in [1.165, 1.54) is 5.56 Å². The first-order valence-electron chi connectivity index (χ1n) is 9.91. The zero-order valence-corrected chi connectivity index (χ0v) is 16.6. The largest absolute Gasteiger partial charge is 0.347 e. The topological polar surface area (TPSA) is 69.6 Å². The maximum absolute atomic E-state index is 12.2. The quantitative estimate of drug-likeness (QED) is 0.619. The number of nitrogens with zero attached hydrogens (tertiary/aromatic N) is 3. The van der Waals surface area contributed by atoms with Crippen LogP contribution in [0.15, 0.2) is 59.9 Å². The standard InChI is InChI=1S/C22H29N5O/c1-3-17-16-27(13-11-20(17)18-8-5-4-6-9-18)22(23-2)25-15-21(28)26-19-10-7-12-24-14-19/h4-10,12,14,17,20H,3,11,13,15-16H2,1-2H3,(H,23,25)(H,26,28). The van der Waals surface area contributed by atoms with E-state index in [1.807, 2.05) is 6.07 Å². The highest BCUT2D eigenvalue weighted by Crippen LogP contribution is 2.34. The number of hydrogen-bond donors (Lipinski definition) is 2. The number of benzene rings is 1. The summed E-state index contributed by atoms with van der Waals surface area (Å²) >= 11 is 0. The average molecular weight is 380 g/mol. The van der Waals surface area contributed by atoms with Crippen LogP contribution in [0.5, 0.6) is 0 Å². The van der Waals surface area contributed by atoms with Crippen molar-refractivity contribution in [3.05, 3.63) is 60.4 Å². The van der Waals surface area contributed by atoms with Gasteiger partial charge in [-0.25, -0.2) is 0 Å². The summed E-state index contributed by atoms with van der Waals surface area (Å²) < 4.78 is 0. The summed E-state index contributed by atoms with van der Waals surface area (Å²) in [5.41, 5.74) is 2.12. The molecule has 148 valence electrons. The van der Waals surface area contributed by atoms with Crippen LogP contribution in [0, 0.1) is 5.92 Å². The highest BCUT2D eigenvalue weighted by molar-refractivity contribution is 5.94. The molecule has 28 heavy (non-hydrogen) atoms. The lowest BCUT2D eigenvalue weighted by Crippen LogP contribution is -2.49. The van der Waals surface area contributed by atoms with E-state index < -0.39 is 0 Å². The number of aromatic nitrogens is 1. The first-order chi connectivity index (χ1) is 13.7. The molecule has 2 aromatic rings. The van der Waals surface area contributed by atoms with Crippen LogP contribution in [0.2, 0.25) is 0 Å². The molecular weight excluding hydrogens is 350 g/mol. The Kier molecular flexibility index (Phi) is 7.00. The fourth-order valence-electron chi connectivity index (χ4n) is 3.91. The molecule has 6 nitrogen and oxygen atoms in total. The molecule has 0 radical (unpaired) electrons. The highest BCUT2D eigenvalue weighted by atomic mass is 16.1. The van der Waals surface area contributed by atoms with Gasteiger partial charge in [-0.15, -0.1) is 0 Å². The number of guanidine groups is 1. The van der Waals surface area contributed by atoms with E-state index in [1.54, 1.807) is 25.5 Å². The molecular formula is C22H29N5O. The summed E-state index contributed by atoms with van der Waals surface area (Å²) in [6.07, 6.45) is 5.52. The van der Waals surface area contributed by atoms with Crippen molar-refractivity contribution in [1.29, 1.82) is 0 Å². The number of likely N-dealkylation sites (tertiary alicyclic amines) is 1. The van der Waals surface area contributed by atoms with Crippen LogP contribution >= 0.6 is 0 Å². The second-order valence-electron chi connectivity index (χ2n) is 7.11. The van der Waals surface area contributed by atoms with Crippen molar-refractivity contribution < 1.29 is 4.79 Å². The van der Waals surface area contributed by atoms with Gasteiger partial charge >= 0.3 is 0 Å². The molecule has 1 aliphatic heterocycles. The molecule has 2 heterocycles. The van der Waals surface area contributed by atoms with Gasteiger partial charge in [-0.3, -0.25) is 14.8 Å². The Morgan fingerprint density at radius 1 is 1.25 bits per heavy atom. The maximum atomic E-state index is 12.2. The Hall–Kier alpha value is -2.89. The Labute approximate surface area is 167 Å². The Morgan fingerprint density at radius 2 is 2.07 bits per heavy atom. The number of amides is 1. The fourth-order valence-corrected chi connectivity index (χ4v) is 3.91. The Bertz CT molecular complexity index is 778. The third-order valence-electron chi connectivity index (χ3n) is 5.35. The van der Waals surface area contributed by atoms with Gasteiger partial charge in [0.15, 0.2) is 5.96 Å². The molecule has 1 aliphatic rings. The van der Waals surface area contributed by atoms with Crippen molar-refractivity contribution in [3.8, 4) is 0 Å². The molecule has 3 rings (SSSR count). The van der Waals surface area contributed by atoms with Crippen LogP contribution in [-0.4, -0.2) is 48.4 Å². The van der Waals surface area contributed by atoms with Crippen LogP contribution in [-0.2, 0) is 4.79 Å². The van der Waals surface area contributed by atoms with E-state index in [9.17, 15) is 4.79 Å². The Balaban J connectivity index is 1.55. The van der Waals surface area contributed by atoms with E-state index in [-0.39, 0.29) is 12.5 Å². The summed E-state index contributed by atoms with van der Waals surface area (Å²) in [6.45, 7) is 4.30. The zero-order valence-electron chi connectivity index (χ0n) is 16.6. The third kappa shape index (κ3) is 5.09. The lowest BCUT2D eigenvalue weighted by atomic mass is 9.79. The minimum atomic E-state index is -0.111. The monoisotopic (exact) mass is 379 g/mol. The fraction of sp³-hybridized carbons (Fsp3) is 0.409. The number of hydrogen-bond acceptors (Lipinski definition) is 3. The molecule has 1 aromatic carbocycles.